The summed E-state index contributed by atoms with van der Waals surface area (Å²) in [6.07, 6.45) is 5.85. The summed E-state index contributed by atoms with van der Waals surface area (Å²) in [5.41, 5.74) is 2.02. The van der Waals surface area contributed by atoms with Crippen LogP contribution in [0.2, 0.25) is 0 Å². The van der Waals surface area contributed by atoms with Gasteiger partial charge in [-0.25, -0.2) is 9.50 Å². The number of halogens is 1. The second-order valence-electron chi connectivity index (χ2n) is 2.93. The predicted octanol–water partition coefficient (Wildman–Crippen LogP) is 2.44. The third kappa shape index (κ3) is 1.58. The second kappa shape index (κ2) is 3.46. The van der Waals surface area contributed by atoms with E-state index in [9.17, 15) is 0 Å². The molecule has 0 aromatic carbocycles. The lowest BCUT2D eigenvalue weighted by Gasteiger charge is -1.98. The molecule has 13 heavy (non-hydrogen) atoms. The summed E-state index contributed by atoms with van der Waals surface area (Å²) in [6.45, 7) is 2.15. The molecule has 0 bridgehead atoms. The van der Waals surface area contributed by atoms with Crippen molar-refractivity contribution in [2.75, 3.05) is 0 Å². The molecule has 0 amide bonds. The Bertz CT molecular complexity index is 422. The molecular formula is C9H10BrN3. The summed E-state index contributed by atoms with van der Waals surface area (Å²) in [4.78, 5) is 4.48. The fourth-order valence-electron chi connectivity index (χ4n) is 1.27. The molecule has 0 aliphatic heterocycles. The van der Waals surface area contributed by atoms with Gasteiger partial charge in [0.1, 0.15) is 0 Å². The lowest BCUT2D eigenvalue weighted by molar-refractivity contribution is 0.858. The number of nitrogens with zero attached hydrogens (tertiary/aromatic N) is 3. The summed E-state index contributed by atoms with van der Waals surface area (Å²) < 4.78 is 2.72. The lowest BCUT2D eigenvalue weighted by Crippen LogP contribution is -1.94. The summed E-state index contributed by atoms with van der Waals surface area (Å²) in [5.74, 6) is 0. The zero-order chi connectivity index (χ0) is 9.26. The molecule has 0 spiro atoms. The van der Waals surface area contributed by atoms with Crippen LogP contribution in [0.25, 0.3) is 5.65 Å². The maximum atomic E-state index is 4.48. The molecule has 0 atom stereocenters. The smallest absolute Gasteiger partial charge is 0.169 e. The van der Waals surface area contributed by atoms with Crippen LogP contribution in [0.4, 0.5) is 0 Å². The van der Waals surface area contributed by atoms with E-state index in [2.05, 4.69) is 32.9 Å². The Balaban J connectivity index is 2.53. The minimum absolute atomic E-state index is 0.894. The first-order valence-electron chi connectivity index (χ1n) is 4.30. The van der Waals surface area contributed by atoms with Gasteiger partial charge in [0.05, 0.1) is 10.7 Å². The Morgan fingerprint density at radius 3 is 3.15 bits per heavy atom. The molecule has 2 aromatic rings. The number of aryl methyl sites for hydroxylation is 1. The Morgan fingerprint density at radius 2 is 2.38 bits per heavy atom. The molecule has 0 unspecified atom stereocenters. The second-order valence-corrected chi connectivity index (χ2v) is 3.78. The first-order valence-corrected chi connectivity index (χ1v) is 5.09. The van der Waals surface area contributed by atoms with E-state index in [0.717, 1.165) is 28.7 Å². The Kier molecular flexibility index (Phi) is 2.31. The normalized spacial score (nSPS) is 10.9. The van der Waals surface area contributed by atoms with Gasteiger partial charge >= 0.3 is 0 Å². The van der Waals surface area contributed by atoms with Gasteiger partial charge in [-0.3, -0.25) is 0 Å². The molecule has 0 saturated heterocycles. The number of hydrogen-bond acceptors (Lipinski definition) is 2. The van der Waals surface area contributed by atoms with Gasteiger partial charge in [0.25, 0.3) is 0 Å². The molecule has 3 nitrogen and oxygen atoms in total. The van der Waals surface area contributed by atoms with Crippen LogP contribution < -0.4 is 0 Å². The van der Waals surface area contributed by atoms with Gasteiger partial charge < -0.3 is 0 Å². The average Bonchev–Trinajstić information content (AvgIpc) is 2.49. The highest BCUT2D eigenvalue weighted by atomic mass is 79.9. The van der Waals surface area contributed by atoms with Crippen molar-refractivity contribution in [2.45, 2.75) is 19.8 Å². The summed E-state index contributed by atoms with van der Waals surface area (Å²) in [7, 11) is 0. The maximum Gasteiger partial charge on any atom is 0.169 e. The third-order valence-corrected chi connectivity index (χ3v) is 2.45. The van der Waals surface area contributed by atoms with Crippen molar-refractivity contribution >= 4 is 21.6 Å². The number of aromatic nitrogens is 3. The molecule has 4 heteroatoms. The van der Waals surface area contributed by atoms with Gasteiger partial charge in [-0.05, 0) is 28.4 Å². The molecule has 0 aliphatic carbocycles. The zero-order valence-electron chi connectivity index (χ0n) is 7.37. The largest absolute Gasteiger partial charge is 0.233 e. The SMILES string of the molecule is CCCc1ccn2ncc(Br)c2n1. The molecule has 0 aliphatic rings. The Morgan fingerprint density at radius 1 is 1.54 bits per heavy atom. The molecule has 2 aromatic heterocycles. The van der Waals surface area contributed by atoms with E-state index in [0.29, 0.717) is 0 Å². The minimum Gasteiger partial charge on any atom is -0.233 e. The summed E-state index contributed by atoms with van der Waals surface area (Å²) in [6, 6.07) is 2.01. The average molecular weight is 240 g/mol. The van der Waals surface area contributed by atoms with Crippen molar-refractivity contribution in [1.82, 2.24) is 14.6 Å². The van der Waals surface area contributed by atoms with Gasteiger partial charge in [-0.1, -0.05) is 13.3 Å². The number of rotatable bonds is 2. The maximum absolute atomic E-state index is 4.48. The van der Waals surface area contributed by atoms with Crippen LogP contribution >= 0.6 is 15.9 Å². The van der Waals surface area contributed by atoms with Crippen molar-refractivity contribution in [3.63, 3.8) is 0 Å². The van der Waals surface area contributed by atoms with Gasteiger partial charge in [-0.2, -0.15) is 5.10 Å². The highest BCUT2D eigenvalue weighted by Gasteiger charge is 2.02. The molecule has 68 valence electrons. The van der Waals surface area contributed by atoms with Crippen molar-refractivity contribution in [1.29, 1.82) is 0 Å². The van der Waals surface area contributed by atoms with Crippen molar-refractivity contribution in [2.24, 2.45) is 0 Å². The highest BCUT2D eigenvalue weighted by molar-refractivity contribution is 9.10. The standard InChI is InChI=1S/C9H10BrN3/c1-2-3-7-4-5-13-9(12-7)8(10)6-11-13/h4-6H,2-3H2,1H3. The van der Waals surface area contributed by atoms with Crippen molar-refractivity contribution in [3.8, 4) is 0 Å². The van der Waals surface area contributed by atoms with Crippen LogP contribution in [0.15, 0.2) is 22.9 Å². The fraction of sp³-hybridized carbons (Fsp3) is 0.333. The fourth-order valence-corrected chi connectivity index (χ4v) is 1.64. The van der Waals surface area contributed by atoms with Crippen molar-refractivity contribution < 1.29 is 0 Å². The Hall–Kier alpha value is -0.900. The third-order valence-electron chi connectivity index (χ3n) is 1.89. The van der Waals surface area contributed by atoms with Gasteiger partial charge in [-0.15, -0.1) is 0 Å². The van der Waals surface area contributed by atoms with Crippen LogP contribution in [-0.4, -0.2) is 14.6 Å². The summed E-state index contributed by atoms with van der Waals surface area (Å²) >= 11 is 3.41. The van der Waals surface area contributed by atoms with E-state index in [4.69, 9.17) is 0 Å². The molecule has 0 fully saturated rings. The van der Waals surface area contributed by atoms with Crippen LogP contribution in [0.3, 0.4) is 0 Å². The van der Waals surface area contributed by atoms with Crippen LogP contribution in [0.5, 0.6) is 0 Å². The van der Waals surface area contributed by atoms with E-state index < -0.39 is 0 Å². The quantitative estimate of drug-likeness (QED) is 0.806. The van der Waals surface area contributed by atoms with Gasteiger partial charge in [0.15, 0.2) is 5.65 Å². The predicted molar refractivity (Wildman–Crippen MR) is 54.7 cm³/mol. The minimum atomic E-state index is 0.894. The van der Waals surface area contributed by atoms with Crippen LogP contribution in [-0.2, 0) is 6.42 Å². The van der Waals surface area contributed by atoms with E-state index in [1.807, 2.05) is 12.3 Å². The summed E-state index contributed by atoms with van der Waals surface area (Å²) in [5, 5.41) is 4.13. The molecular weight excluding hydrogens is 230 g/mol. The van der Waals surface area contributed by atoms with E-state index in [1.54, 1.807) is 10.7 Å². The Labute approximate surface area is 84.9 Å². The first-order chi connectivity index (χ1) is 6.31. The lowest BCUT2D eigenvalue weighted by atomic mass is 10.2. The van der Waals surface area contributed by atoms with Gasteiger partial charge in [0, 0.05) is 11.9 Å². The molecule has 0 saturated carbocycles. The number of hydrogen-bond donors (Lipinski definition) is 0. The molecule has 0 N–H and O–H groups in total. The highest BCUT2D eigenvalue weighted by Crippen LogP contribution is 2.15. The monoisotopic (exact) mass is 239 g/mol. The molecule has 2 rings (SSSR count). The van der Waals surface area contributed by atoms with E-state index >= 15 is 0 Å². The van der Waals surface area contributed by atoms with E-state index in [-0.39, 0.29) is 0 Å². The van der Waals surface area contributed by atoms with E-state index in [1.165, 1.54) is 0 Å². The van der Waals surface area contributed by atoms with Gasteiger partial charge in [0.2, 0.25) is 0 Å². The molecule has 2 heterocycles. The molecule has 0 radical (unpaired) electrons. The zero-order valence-corrected chi connectivity index (χ0v) is 8.95. The van der Waals surface area contributed by atoms with Crippen molar-refractivity contribution in [3.05, 3.63) is 28.6 Å². The number of fused-ring (bicyclic) bond motifs is 1. The topological polar surface area (TPSA) is 30.2 Å². The van der Waals surface area contributed by atoms with Crippen LogP contribution in [0.1, 0.15) is 19.0 Å². The van der Waals surface area contributed by atoms with Crippen LogP contribution in [0, 0.1) is 0 Å². The first kappa shape index (κ1) is 8.69.